The van der Waals surface area contributed by atoms with Crippen molar-refractivity contribution in [2.75, 3.05) is 39.6 Å². The third-order valence-corrected chi connectivity index (χ3v) is 5.77. The van der Waals surface area contributed by atoms with Crippen molar-refractivity contribution in [2.45, 2.75) is 36.8 Å². The van der Waals surface area contributed by atoms with Crippen molar-refractivity contribution in [1.82, 2.24) is 15.2 Å². The fourth-order valence-electron chi connectivity index (χ4n) is 2.00. The van der Waals surface area contributed by atoms with Gasteiger partial charge in [-0.15, -0.1) is 0 Å². The van der Waals surface area contributed by atoms with Gasteiger partial charge in [0.2, 0.25) is 5.91 Å². The minimum atomic E-state index is -1.33. The standard InChI is InChI=1S/C18H29N3O6S2/c1-21(2)16(12-22)27-18(25)13-26-17(24)8-5-6-14(23)19-10-11-28-29-15-7-3-4-9-20-15/h3-4,7,9,16,18,22,25H,5-6,8,10-13H2,1-2H3,(H,19,23). The topological polar surface area (TPSA) is 121 Å². The summed E-state index contributed by atoms with van der Waals surface area (Å²) in [4.78, 5) is 29.2. The summed E-state index contributed by atoms with van der Waals surface area (Å²) in [5, 5.41) is 22.5. The van der Waals surface area contributed by atoms with Crippen LogP contribution >= 0.6 is 21.6 Å². The third kappa shape index (κ3) is 12.7. The molecule has 0 aliphatic carbocycles. The van der Waals surface area contributed by atoms with Crippen molar-refractivity contribution < 1.29 is 29.3 Å². The van der Waals surface area contributed by atoms with E-state index in [-0.39, 0.29) is 32.0 Å². The Bertz CT molecular complexity index is 594. The molecule has 1 amide bonds. The molecule has 2 atom stereocenters. The Balaban J connectivity index is 2.03. The van der Waals surface area contributed by atoms with Crippen molar-refractivity contribution >= 4 is 33.5 Å². The molecule has 0 spiro atoms. The molecule has 29 heavy (non-hydrogen) atoms. The molecule has 0 bridgehead atoms. The van der Waals surface area contributed by atoms with Crippen LogP contribution in [0.3, 0.4) is 0 Å². The number of hydrogen-bond donors (Lipinski definition) is 3. The summed E-state index contributed by atoms with van der Waals surface area (Å²) in [6.07, 6.45) is 0.366. The summed E-state index contributed by atoms with van der Waals surface area (Å²) >= 11 is 0. The van der Waals surface area contributed by atoms with Crippen molar-refractivity contribution in [1.29, 1.82) is 0 Å². The van der Waals surface area contributed by atoms with Crippen LogP contribution in [0.2, 0.25) is 0 Å². The molecule has 0 aliphatic rings. The van der Waals surface area contributed by atoms with E-state index < -0.39 is 18.5 Å². The van der Waals surface area contributed by atoms with Gasteiger partial charge in [0.25, 0.3) is 0 Å². The molecular weight excluding hydrogens is 418 g/mol. The van der Waals surface area contributed by atoms with Gasteiger partial charge in [-0.3, -0.25) is 14.5 Å². The molecule has 1 aromatic heterocycles. The van der Waals surface area contributed by atoms with Crippen LogP contribution in [0.25, 0.3) is 0 Å². The fraction of sp³-hybridized carbons (Fsp3) is 0.611. The third-order valence-electron chi connectivity index (χ3n) is 3.51. The predicted molar refractivity (Wildman–Crippen MR) is 112 cm³/mol. The Kier molecular flexibility index (Phi) is 13.7. The summed E-state index contributed by atoms with van der Waals surface area (Å²) in [5.74, 6) is 0.101. The van der Waals surface area contributed by atoms with E-state index in [4.69, 9.17) is 14.6 Å². The minimum absolute atomic E-state index is 0.0710. The highest BCUT2D eigenvalue weighted by molar-refractivity contribution is 8.76. The van der Waals surface area contributed by atoms with Gasteiger partial charge in [0.15, 0.2) is 6.29 Å². The normalized spacial score (nSPS) is 13.1. The van der Waals surface area contributed by atoms with Gasteiger partial charge in [0, 0.05) is 31.3 Å². The zero-order chi connectivity index (χ0) is 21.5. The second kappa shape index (κ2) is 15.5. The van der Waals surface area contributed by atoms with E-state index >= 15 is 0 Å². The highest BCUT2D eigenvalue weighted by Crippen LogP contribution is 2.28. The smallest absolute Gasteiger partial charge is 0.305 e. The maximum Gasteiger partial charge on any atom is 0.305 e. The zero-order valence-electron chi connectivity index (χ0n) is 16.7. The molecule has 0 radical (unpaired) electrons. The monoisotopic (exact) mass is 447 g/mol. The second-order valence-corrected chi connectivity index (χ2v) is 8.59. The highest BCUT2D eigenvalue weighted by Gasteiger charge is 2.17. The molecule has 2 unspecified atom stereocenters. The molecule has 0 fully saturated rings. The van der Waals surface area contributed by atoms with E-state index in [0.717, 1.165) is 10.8 Å². The first-order valence-electron chi connectivity index (χ1n) is 9.16. The van der Waals surface area contributed by atoms with Crippen LogP contribution in [-0.2, 0) is 19.1 Å². The summed E-state index contributed by atoms with van der Waals surface area (Å²) in [6, 6.07) is 5.71. The Labute approximate surface area is 178 Å². The zero-order valence-corrected chi connectivity index (χ0v) is 18.3. The Morgan fingerprint density at radius 1 is 1.31 bits per heavy atom. The van der Waals surface area contributed by atoms with Crippen molar-refractivity contribution in [3.8, 4) is 0 Å². The quantitative estimate of drug-likeness (QED) is 0.154. The van der Waals surface area contributed by atoms with Gasteiger partial charge >= 0.3 is 5.97 Å². The summed E-state index contributed by atoms with van der Waals surface area (Å²) in [7, 11) is 6.53. The molecular formula is C18H29N3O6S2. The number of aromatic nitrogens is 1. The van der Waals surface area contributed by atoms with Crippen LogP contribution in [0.5, 0.6) is 0 Å². The van der Waals surface area contributed by atoms with Crippen molar-refractivity contribution in [3.63, 3.8) is 0 Å². The van der Waals surface area contributed by atoms with Crippen molar-refractivity contribution in [2.24, 2.45) is 0 Å². The Morgan fingerprint density at radius 3 is 2.76 bits per heavy atom. The molecule has 0 saturated heterocycles. The van der Waals surface area contributed by atoms with E-state index in [0.29, 0.717) is 13.0 Å². The van der Waals surface area contributed by atoms with Crippen molar-refractivity contribution in [3.05, 3.63) is 24.4 Å². The lowest BCUT2D eigenvalue weighted by molar-refractivity contribution is -0.207. The Hall–Kier alpha value is -1.37. The van der Waals surface area contributed by atoms with Crippen LogP contribution in [0, 0.1) is 0 Å². The van der Waals surface area contributed by atoms with Crippen LogP contribution < -0.4 is 5.32 Å². The predicted octanol–water partition coefficient (Wildman–Crippen LogP) is 0.867. The van der Waals surface area contributed by atoms with Gasteiger partial charge in [0.05, 0.1) is 6.61 Å². The fourth-order valence-corrected chi connectivity index (χ4v) is 3.78. The number of carbonyl (C=O) groups is 2. The molecule has 1 heterocycles. The van der Waals surface area contributed by atoms with Gasteiger partial charge in [0.1, 0.15) is 17.9 Å². The molecule has 1 rings (SSSR count). The molecule has 1 aromatic rings. The van der Waals surface area contributed by atoms with Gasteiger partial charge in [-0.1, -0.05) is 16.9 Å². The maximum atomic E-state index is 11.8. The average Bonchev–Trinajstić information content (AvgIpc) is 2.70. The number of esters is 1. The van der Waals surface area contributed by atoms with Crippen LogP contribution in [0.15, 0.2) is 29.4 Å². The second-order valence-electron chi connectivity index (χ2n) is 6.15. The Morgan fingerprint density at radius 2 is 2.10 bits per heavy atom. The number of nitrogens with zero attached hydrogens (tertiary/aromatic N) is 2. The van der Waals surface area contributed by atoms with E-state index in [1.807, 2.05) is 18.2 Å². The number of nitrogens with one attached hydrogen (secondary N) is 1. The molecule has 9 nitrogen and oxygen atoms in total. The lowest BCUT2D eigenvalue weighted by Crippen LogP contribution is -2.39. The van der Waals surface area contributed by atoms with E-state index in [2.05, 4.69) is 10.3 Å². The largest absolute Gasteiger partial charge is 0.460 e. The number of pyridine rings is 1. The summed E-state index contributed by atoms with van der Waals surface area (Å²) in [6.45, 7) is -0.0941. The maximum absolute atomic E-state index is 11.8. The first-order valence-corrected chi connectivity index (χ1v) is 11.5. The summed E-state index contributed by atoms with van der Waals surface area (Å²) < 4.78 is 10.0. The first kappa shape index (κ1) is 25.7. The average molecular weight is 448 g/mol. The van der Waals surface area contributed by atoms with Crippen LogP contribution in [-0.4, -0.2) is 84.1 Å². The molecule has 3 N–H and O–H groups in total. The molecule has 11 heteroatoms. The lowest BCUT2D eigenvalue weighted by atomic mass is 10.2. The minimum Gasteiger partial charge on any atom is -0.460 e. The van der Waals surface area contributed by atoms with E-state index in [1.54, 1.807) is 46.8 Å². The molecule has 0 saturated carbocycles. The number of amides is 1. The SMILES string of the molecule is CN(C)C(CO)OC(O)COC(=O)CCCC(=O)NCCSSc1ccccn1. The van der Waals surface area contributed by atoms with Gasteiger partial charge < -0.3 is 25.0 Å². The summed E-state index contributed by atoms with van der Waals surface area (Å²) in [5.41, 5.74) is 0. The molecule has 0 aromatic carbocycles. The lowest BCUT2D eigenvalue weighted by Gasteiger charge is -2.25. The first-order chi connectivity index (χ1) is 13.9. The molecule has 164 valence electrons. The number of rotatable bonds is 15. The van der Waals surface area contributed by atoms with Gasteiger partial charge in [-0.05, 0) is 43.4 Å². The van der Waals surface area contributed by atoms with E-state index in [1.165, 1.54) is 0 Å². The van der Waals surface area contributed by atoms with Gasteiger partial charge in [-0.25, -0.2) is 4.98 Å². The van der Waals surface area contributed by atoms with Crippen LogP contribution in [0.1, 0.15) is 19.3 Å². The highest BCUT2D eigenvalue weighted by atomic mass is 33.1. The number of ether oxygens (including phenoxy) is 2. The molecule has 0 aliphatic heterocycles. The number of aliphatic hydroxyl groups is 2. The number of carbonyl (C=O) groups excluding carboxylic acids is 2. The number of hydrogen-bond acceptors (Lipinski definition) is 10. The van der Waals surface area contributed by atoms with Gasteiger partial charge in [-0.2, -0.15) is 0 Å². The number of aliphatic hydroxyl groups excluding tert-OH is 2. The van der Waals surface area contributed by atoms with Crippen LogP contribution in [0.4, 0.5) is 0 Å². The van der Waals surface area contributed by atoms with E-state index in [9.17, 15) is 14.7 Å². The number of likely N-dealkylation sites (N-methyl/N-ethyl adjacent to an activating group) is 1.